The zero-order valence-corrected chi connectivity index (χ0v) is 11.5. The van der Waals surface area contributed by atoms with E-state index in [9.17, 15) is 18.0 Å². The van der Waals surface area contributed by atoms with E-state index in [4.69, 9.17) is 0 Å². The van der Waals surface area contributed by atoms with Crippen LogP contribution in [0.25, 0.3) is 0 Å². The Morgan fingerprint density at radius 1 is 1.30 bits per heavy atom. The summed E-state index contributed by atoms with van der Waals surface area (Å²) in [5, 5.41) is 2.40. The van der Waals surface area contributed by atoms with Gasteiger partial charge in [-0.15, -0.1) is 0 Å². The first-order valence-electron chi connectivity index (χ1n) is 5.91. The van der Waals surface area contributed by atoms with Crippen molar-refractivity contribution in [1.82, 2.24) is 0 Å². The number of carbonyl (C=O) groups excluding carboxylic acids is 1. The fourth-order valence-corrected chi connectivity index (χ4v) is 1.44. The molecular formula is C14H16F3NO2. The van der Waals surface area contributed by atoms with Crippen LogP contribution in [0.2, 0.25) is 0 Å². The summed E-state index contributed by atoms with van der Waals surface area (Å²) in [6, 6.07) is 6.48. The van der Waals surface area contributed by atoms with E-state index < -0.39 is 18.9 Å². The summed E-state index contributed by atoms with van der Waals surface area (Å²) in [7, 11) is 0. The standard InChI is InChI=1S/C11H8FNO2.C2H6.CH2F2/c1-2-7-11(12)8-5-3-4-6-9(8)13-10(14)15-11;1-2;2-1-3/h3-6H,1H3,(H,13,14);1-2H3;1H2. The number of carbonyl (C=O) groups is 1. The fraction of sp³-hybridized carbons (Fsp3) is 0.357. The molecule has 1 amide bonds. The highest BCUT2D eigenvalue weighted by Crippen LogP contribution is 2.36. The van der Waals surface area contributed by atoms with Crippen LogP contribution in [0.4, 0.5) is 23.7 Å². The third kappa shape index (κ3) is 4.50. The molecule has 0 radical (unpaired) electrons. The molecule has 1 aliphatic heterocycles. The predicted octanol–water partition coefficient (Wildman–Crippen LogP) is 4.30. The van der Waals surface area contributed by atoms with Gasteiger partial charge in [0.05, 0.1) is 11.3 Å². The molecule has 20 heavy (non-hydrogen) atoms. The molecule has 1 N–H and O–H groups in total. The number of cyclic esters (lactones) is 1. The van der Waals surface area contributed by atoms with Gasteiger partial charge in [0.1, 0.15) is 0 Å². The van der Waals surface area contributed by atoms with Crippen LogP contribution in [-0.2, 0) is 10.6 Å². The molecule has 0 spiro atoms. The van der Waals surface area contributed by atoms with Crippen LogP contribution in [0.1, 0.15) is 26.3 Å². The summed E-state index contributed by atoms with van der Waals surface area (Å²) < 4.78 is 38.0. The number of hydrogen-bond acceptors (Lipinski definition) is 2. The number of alkyl halides is 3. The molecule has 1 aromatic carbocycles. The Kier molecular flexibility index (Phi) is 7.90. The maximum Gasteiger partial charge on any atom is 0.415 e. The second-order valence-electron chi connectivity index (χ2n) is 3.13. The molecular weight excluding hydrogens is 271 g/mol. The van der Waals surface area contributed by atoms with Gasteiger partial charge in [0, 0.05) is 0 Å². The van der Waals surface area contributed by atoms with Crippen LogP contribution >= 0.6 is 0 Å². The van der Waals surface area contributed by atoms with Gasteiger partial charge in [-0.3, -0.25) is 5.32 Å². The Labute approximate surface area is 116 Å². The summed E-state index contributed by atoms with van der Waals surface area (Å²) in [6.07, 6.45) is -0.834. The lowest BCUT2D eigenvalue weighted by Crippen LogP contribution is -2.34. The largest absolute Gasteiger partial charge is 0.415 e. The highest BCUT2D eigenvalue weighted by Gasteiger charge is 2.40. The minimum absolute atomic E-state index is 0.221. The third-order valence-electron chi connectivity index (χ3n) is 2.03. The Bertz CT molecular complexity index is 497. The van der Waals surface area contributed by atoms with Crippen molar-refractivity contribution in [2.24, 2.45) is 0 Å². The molecule has 1 atom stereocenters. The molecule has 0 bridgehead atoms. The van der Waals surface area contributed by atoms with E-state index in [1.165, 1.54) is 13.0 Å². The Hall–Kier alpha value is -2.16. The van der Waals surface area contributed by atoms with Gasteiger partial charge < -0.3 is 4.74 Å². The average molecular weight is 287 g/mol. The van der Waals surface area contributed by atoms with Gasteiger partial charge in [-0.1, -0.05) is 31.9 Å². The molecule has 0 aliphatic carbocycles. The molecule has 3 nitrogen and oxygen atoms in total. The van der Waals surface area contributed by atoms with Crippen LogP contribution in [0.5, 0.6) is 0 Å². The summed E-state index contributed by atoms with van der Waals surface area (Å²) in [5.74, 6) is 2.32. The quantitative estimate of drug-likeness (QED) is 0.722. The predicted molar refractivity (Wildman–Crippen MR) is 71.2 cm³/mol. The second kappa shape index (κ2) is 8.86. The zero-order valence-electron chi connectivity index (χ0n) is 11.5. The van der Waals surface area contributed by atoms with Crippen LogP contribution < -0.4 is 5.32 Å². The summed E-state index contributed by atoms with van der Waals surface area (Å²) >= 11 is 0. The molecule has 0 saturated carbocycles. The van der Waals surface area contributed by atoms with Crippen LogP contribution in [-0.4, -0.2) is 13.0 Å². The van der Waals surface area contributed by atoms with Gasteiger partial charge in [-0.25, -0.2) is 13.6 Å². The van der Waals surface area contributed by atoms with Crippen LogP contribution in [0.15, 0.2) is 24.3 Å². The number of benzene rings is 1. The van der Waals surface area contributed by atoms with Gasteiger partial charge in [0.15, 0.2) is 0 Å². The van der Waals surface area contributed by atoms with Crippen molar-refractivity contribution in [3.8, 4) is 11.8 Å². The first-order valence-corrected chi connectivity index (χ1v) is 5.91. The molecule has 1 aliphatic rings. The monoisotopic (exact) mass is 287 g/mol. The highest BCUT2D eigenvalue weighted by atomic mass is 19.3. The number of anilines is 1. The topological polar surface area (TPSA) is 38.3 Å². The van der Waals surface area contributed by atoms with Crippen LogP contribution in [0.3, 0.4) is 0 Å². The van der Waals surface area contributed by atoms with E-state index in [0.717, 1.165) is 0 Å². The maximum atomic E-state index is 14.2. The number of halogens is 3. The summed E-state index contributed by atoms with van der Waals surface area (Å²) in [4.78, 5) is 11.1. The zero-order chi connectivity index (χ0) is 15.6. The van der Waals surface area contributed by atoms with Crippen molar-refractivity contribution in [2.45, 2.75) is 26.6 Å². The van der Waals surface area contributed by atoms with Crippen molar-refractivity contribution < 1.29 is 22.7 Å². The number of para-hydroxylation sites is 1. The lowest BCUT2D eigenvalue weighted by Gasteiger charge is -2.27. The Morgan fingerprint density at radius 2 is 1.85 bits per heavy atom. The molecule has 2 rings (SSSR count). The molecule has 6 heteroatoms. The van der Waals surface area contributed by atoms with Gasteiger partial charge in [-0.05, 0) is 25.0 Å². The minimum Gasteiger partial charge on any atom is -0.396 e. The number of nitrogens with one attached hydrogen (secondary N) is 1. The number of hydrogen-bond donors (Lipinski definition) is 1. The van der Waals surface area contributed by atoms with E-state index in [0.29, 0.717) is 5.69 Å². The molecule has 1 heterocycles. The Balaban J connectivity index is 0.000000641. The number of amides is 1. The van der Waals surface area contributed by atoms with Gasteiger partial charge in [0.25, 0.3) is 0 Å². The highest BCUT2D eigenvalue weighted by molar-refractivity contribution is 5.89. The number of ether oxygens (including phenoxy) is 1. The smallest absolute Gasteiger partial charge is 0.396 e. The first kappa shape index (κ1) is 17.8. The van der Waals surface area contributed by atoms with Gasteiger partial charge in [0.2, 0.25) is 6.93 Å². The van der Waals surface area contributed by atoms with E-state index in [1.807, 2.05) is 13.8 Å². The summed E-state index contributed by atoms with van der Waals surface area (Å²) in [6.45, 7) is 3.74. The van der Waals surface area contributed by atoms with Crippen molar-refractivity contribution in [3.63, 3.8) is 0 Å². The molecule has 1 aromatic rings. The lowest BCUT2D eigenvalue weighted by molar-refractivity contribution is -0.0486. The van der Waals surface area contributed by atoms with E-state index in [2.05, 4.69) is 21.9 Å². The van der Waals surface area contributed by atoms with E-state index in [1.54, 1.807) is 18.2 Å². The normalized spacial score (nSPS) is 18.4. The van der Waals surface area contributed by atoms with Crippen molar-refractivity contribution >= 4 is 11.8 Å². The molecule has 1 unspecified atom stereocenters. The van der Waals surface area contributed by atoms with Crippen molar-refractivity contribution in [2.75, 3.05) is 12.2 Å². The van der Waals surface area contributed by atoms with Gasteiger partial charge in [-0.2, -0.15) is 4.39 Å². The average Bonchev–Trinajstić information content (AvgIpc) is 2.42. The van der Waals surface area contributed by atoms with Crippen molar-refractivity contribution in [1.29, 1.82) is 0 Å². The molecule has 0 fully saturated rings. The third-order valence-corrected chi connectivity index (χ3v) is 2.03. The minimum atomic E-state index is -2.34. The Morgan fingerprint density at radius 3 is 2.40 bits per heavy atom. The fourth-order valence-electron chi connectivity index (χ4n) is 1.44. The molecule has 0 saturated heterocycles. The number of fused-ring (bicyclic) bond motifs is 1. The van der Waals surface area contributed by atoms with Crippen molar-refractivity contribution in [3.05, 3.63) is 29.8 Å². The van der Waals surface area contributed by atoms with Gasteiger partial charge >= 0.3 is 11.9 Å². The molecule has 110 valence electrons. The number of rotatable bonds is 0. The first-order chi connectivity index (χ1) is 9.57. The lowest BCUT2D eigenvalue weighted by atomic mass is 10.0. The maximum absolute atomic E-state index is 14.2. The van der Waals surface area contributed by atoms with E-state index in [-0.39, 0.29) is 5.56 Å². The SMILES string of the molecule is CC.CC#CC1(F)OC(=O)Nc2ccccc21.FCF. The second-order valence-corrected chi connectivity index (χ2v) is 3.13. The van der Waals surface area contributed by atoms with E-state index >= 15 is 0 Å². The molecule has 0 aromatic heterocycles. The van der Waals surface area contributed by atoms with Crippen LogP contribution in [0, 0.1) is 11.8 Å². The summed E-state index contributed by atoms with van der Waals surface area (Å²) in [5.41, 5.74) is 0.609.